The first-order valence-electron chi connectivity index (χ1n) is 6.81. The van der Waals surface area contributed by atoms with E-state index in [0.29, 0.717) is 11.5 Å². The topological polar surface area (TPSA) is 108 Å². The highest BCUT2D eigenvalue weighted by atomic mass is 32.2. The van der Waals surface area contributed by atoms with Gasteiger partial charge in [0.05, 0.1) is 24.8 Å². The zero-order chi connectivity index (χ0) is 17.7. The lowest BCUT2D eigenvalue weighted by Gasteiger charge is -2.12. The molecule has 0 aliphatic rings. The van der Waals surface area contributed by atoms with Gasteiger partial charge in [0.1, 0.15) is 5.75 Å². The third kappa shape index (κ3) is 4.13. The predicted octanol–water partition coefficient (Wildman–Crippen LogP) is 2.55. The van der Waals surface area contributed by atoms with E-state index < -0.39 is 20.7 Å². The number of hydrogen-bond acceptors (Lipinski definition) is 6. The molecule has 2 rings (SSSR count). The van der Waals surface area contributed by atoms with Gasteiger partial charge in [-0.15, -0.1) is 0 Å². The van der Waals surface area contributed by atoms with E-state index in [2.05, 4.69) is 4.72 Å². The average Bonchev–Trinajstić information content (AvgIpc) is 2.54. The fraction of sp³-hybridized carbons (Fsp3) is 0.200. The fourth-order valence-corrected chi connectivity index (χ4v) is 3.34. The van der Waals surface area contributed by atoms with Crippen molar-refractivity contribution >= 4 is 21.4 Å². The van der Waals surface area contributed by atoms with Crippen LogP contribution in [0.1, 0.15) is 5.56 Å². The smallest absolute Gasteiger partial charge is 0.273 e. The first-order chi connectivity index (χ1) is 11.4. The standard InChI is InChI=1S/C15H16N2O6S/c1-22-14-8-7-12(9-15(14)23-2)16-24(20,21)10-11-5-3-4-6-13(11)17(18)19/h3-9,16H,10H2,1-2H3. The number of nitro benzene ring substituents is 1. The molecule has 2 aromatic rings. The zero-order valence-electron chi connectivity index (χ0n) is 13.1. The molecule has 0 spiro atoms. The first kappa shape index (κ1) is 17.5. The van der Waals surface area contributed by atoms with Crippen LogP contribution < -0.4 is 14.2 Å². The van der Waals surface area contributed by atoms with Crippen molar-refractivity contribution in [3.05, 3.63) is 58.1 Å². The molecule has 0 saturated heterocycles. The Morgan fingerprint density at radius 1 is 1.08 bits per heavy atom. The van der Waals surface area contributed by atoms with Crippen LogP contribution in [0.4, 0.5) is 11.4 Å². The van der Waals surface area contributed by atoms with Crippen molar-refractivity contribution < 1.29 is 22.8 Å². The number of hydrogen-bond donors (Lipinski definition) is 1. The van der Waals surface area contributed by atoms with Crippen molar-refractivity contribution in [3.8, 4) is 11.5 Å². The second-order valence-corrected chi connectivity index (χ2v) is 6.54. The largest absolute Gasteiger partial charge is 0.493 e. The van der Waals surface area contributed by atoms with Gasteiger partial charge < -0.3 is 9.47 Å². The summed E-state index contributed by atoms with van der Waals surface area (Å²) in [6.45, 7) is 0. The number of methoxy groups -OCH3 is 2. The van der Waals surface area contributed by atoms with Crippen molar-refractivity contribution in [2.24, 2.45) is 0 Å². The van der Waals surface area contributed by atoms with Gasteiger partial charge in [-0.2, -0.15) is 0 Å². The number of sulfonamides is 1. The molecule has 0 bridgehead atoms. The molecule has 0 radical (unpaired) electrons. The van der Waals surface area contributed by atoms with Gasteiger partial charge in [0.2, 0.25) is 10.0 Å². The van der Waals surface area contributed by atoms with Crippen LogP contribution in [-0.4, -0.2) is 27.6 Å². The van der Waals surface area contributed by atoms with Gasteiger partial charge in [-0.25, -0.2) is 8.42 Å². The summed E-state index contributed by atoms with van der Waals surface area (Å²) in [6.07, 6.45) is 0. The molecule has 0 amide bonds. The minimum Gasteiger partial charge on any atom is -0.493 e. The highest BCUT2D eigenvalue weighted by molar-refractivity contribution is 7.91. The molecule has 0 aliphatic carbocycles. The molecule has 2 aromatic carbocycles. The lowest BCUT2D eigenvalue weighted by atomic mass is 10.2. The first-order valence-corrected chi connectivity index (χ1v) is 8.46. The van der Waals surface area contributed by atoms with Crippen molar-refractivity contribution in [2.45, 2.75) is 5.75 Å². The van der Waals surface area contributed by atoms with E-state index in [1.54, 1.807) is 12.1 Å². The Morgan fingerprint density at radius 3 is 2.38 bits per heavy atom. The third-order valence-corrected chi connectivity index (χ3v) is 4.43. The number of anilines is 1. The summed E-state index contributed by atoms with van der Waals surface area (Å²) in [6, 6.07) is 10.2. The third-order valence-electron chi connectivity index (χ3n) is 3.19. The normalized spacial score (nSPS) is 10.9. The number of rotatable bonds is 7. The molecular formula is C15H16N2O6S. The van der Waals surface area contributed by atoms with Gasteiger partial charge in [-0.05, 0) is 12.1 Å². The maximum atomic E-state index is 12.3. The van der Waals surface area contributed by atoms with Crippen LogP contribution in [0.15, 0.2) is 42.5 Å². The zero-order valence-corrected chi connectivity index (χ0v) is 13.9. The van der Waals surface area contributed by atoms with E-state index >= 15 is 0 Å². The maximum Gasteiger partial charge on any atom is 0.273 e. The van der Waals surface area contributed by atoms with Gasteiger partial charge >= 0.3 is 0 Å². The minimum absolute atomic E-state index is 0.107. The Balaban J connectivity index is 2.25. The lowest BCUT2D eigenvalue weighted by molar-refractivity contribution is -0.385. The predicted molar refractivity (Wildman–Crippen MR) is 88.9 cm³/mol. The summed E-state index contributed by atoms with van der Waals surface area (Å²) in [4.78, 5) is 10.4. The van der Waals surface area contributed by atoms with Gasteiger partial charge in [-0.3, -0.25) is 14.8 Å². The number of nitro groups is 1. The highest BCUT2D eigenvalue weighted by Gasteiger charge is 2.20. The molecule has 8 nitrogen and oxygen atoms in total. The van der Waals surface area contributed by atoms with Crippen LogP contribution in [0.5, 0.6) is 11.5 Å². The van der Waals surface area contributed by atoms with Crippen molar-refractivity contribution in [1.29, 1.82) is 0 Å². The highest BCUT2D eigenvalue weighted by Crippen LogP contribution is 2.30. The molecule has 128 valence electrons. The summed E-state index contributed by atoms with van der Waals surface area (Å²) >= 11 is 0. The molecule has 0 heterocycles. The second kappa shape index (κ2) is 7.18. The molecular weight excluding hydrogens is 336 g/mol. The summed E-state index contributed by atoms with van der Waals surface area (Å²) < 4.78 is 37.2. The van der Waals surface area contributed by atoms with Gasteiger partial charge in [-0.1, -0.05) is 18.2 Å². The molecule has 0 aliphatic heterocycles. The summed E-state index contributed by atoms with van der Waals surface area (Å²) in [5, 5.41) is 11.0. The van der Waals surface area contributed by atoms with E-state index in [1.165, 1.54) is 44.6 Å². The van der Waals surface area contributed by atoms with E-state index in [1.807, 2.05) is 0 Å². The van der Waals surface area contributed by atoms with Gasteiger partial charge in [0, 0.05) is 17.7 Å². The number of nitrogens with zero attached hydrogens (tertiary/aromatic N) is 1. The lowest BCUT2D eigenvalue weighted by Crippen LogP contribution is -2.16. The molecule has 0 fully saturated rings. The van der Waals surface area contributed by atoms with Crippen molar-refractivity contribution in [3.63, 3.8) is 0 Å². The fourth-order valence-electron chi connectivity index (χ4n) is 2.13. The second-order valence-electron chi connectivity index (χ2n) is 4.82. The van der Waals surface area contributed by atoms with Crippen LogP contribution in [0, 0.1) is 10.1 Å². The Kier molecular flexibility index (Phi) is 5.24. The monoisotopic (exact) mass is 352 g/mol. The number of ether oxygens (including phenoxy) is 2. The van der Waals surface area contributed by atoms with Crippen molar-refractivity contribution in [1.82, 2.24) is 0 Å². The number of nitrogens with one attached hydrogen (secondary N) is 1. The average molecular weight is 352 g/mol. The molecule has 9 heteroatoms. The molecule has 24 heavy (non-hydrogen) atoms. The minimum atomic E-state index is -3.84. The summed E-state index contributed by atoms with van der Waals surface area (Å²) in [7, 11) is -0.937. The van der Waals surface area contributed by atoms with Gasteiger partial charge in [0.25, 0.3) is 5.69 Å². The van der Waals surface area contributed by atoms with E-state index in [9.17, 15) is 18.5 Å². The molecule has 0 aromatic heterocycles. The van der Waals surface area contributed by atoms with E-state index in [0.717, 1.165) is 0 Å². The Hall–Kier alpha value is -2.81. The van der Waals surface area contributed by atoms with E-state index in [4.69, 9.17) is 9.47 Å². The van der Waals surface area contributed by atoms with Crippen molar-refractivity contribution in [2.75, 3.05) is 18.9 Å². The molecule has 1 N–H and O–H groups in total. The number of benzene rings is 2. The van der Waals surface area contributed by atoms with Crippen LogP contribution >= 0.6 is 0 Å². The van der Waals surface area contributed by atoms with Crippen LogP contribution in [0.25, 0.3) is 0 Å². The maximum absolute atomic E-state index is 12.3. The SMILES string of the molecule is COc1ccc(NS(=O)(=O)Cc2ccccc2[N+](=O)[O-])cc1OC. The van der Waals surface area contributed by atoms with Gasteiger partial charge in [0.15, 0.2) is 11.5 Å². The van der Waals surface area contributed by atoms with Crippen LogP contribution in [-0.2, 0) is 15.8 Å². The molecule has 0 saturated carbocycles. The summed E-state index contributed by atoms with van der Waals surface area (Å²) in [5.41, 5.74) is 0.136. The Labute approximate surface area is 139 Å². The Morgan fingerprint density at radius 2 is 1.75 bits per heavy atom. The van der Waals surface area contributed by atoms with E-state index in [-0.39, 0.29) is 16.9 Å². The number of para-hydroxylation sites is 1. The molecule has 0 unspecified atom stereocenters. The quantitative estimate of drug-likeness (QED) is 0.606. The van der Waals surface area contributed by atoms with Crippen LogP contribution in [0.3, 0.4) is 0 Å². The molecule has 0 atom stereocenters. The Bertz CT molecular complexity index is 851. The summed E-state index contributed by atoms with van der Waals surface area (Å²) in [5.74, 6) is 0.306. The van der Waals surface area contributed by atoms with Crippen LogP contribution in [0.2, 0.25) is 0 Å².